The number of carboxylic acids is 1. The molecule has 0 fully saturated rings. The number of hydrogen-bond acceptors (Lipinski definition) is 4. The molecule has 0 atom stereocenters. The van der Waals surface area contributed by atoms with Crippen molar-refractivity contribution < 1.29 is 9.90 Å². The van der Waals surface area contributed by atoms with Gasteiger partial charge in [0, 0.05) is 12.7 Å². The van der Waals surface area contributed by atoms with Crippen LogP contribution in [0.3, 0.4) is 0 Å². The molecular weight excluding hydrogens is 230 g/mol. The number of carbonyl (C=O) groups is 1. The van der Waals surface area contributed by atoms with Crippen molar-refractivity contribution in [1.29, 1.82) is 5.26 Å². The lowest BCUT2D eigenvalue weighted by atomic mass is 10.0. The van der Waals surface area contributed by atoms with Gasteiger partial charge in [-0.05, 0) is 39.3 Å². The number of nitrogens with zero attached hydrogens (tertiary/aromatic N) is 3. The number of likely N-dealkylation sites (N-methyl/N-ethyl adjacent to an activating group) is 1. The first-order valence-corrected chi connectivity index (χ1v) is 5.73. The van der Waals surface area contributed by atoms with Gasteiger partial charge in [0.15, 0.2) is 0 Å². The van der Waals surface area contributed by atoms with Gasteiger partial charge in [-0.1, -0.05) is 0 Å². The summed E-state index contributed by atoms with van der Waals surface area (Å²) >= 11 is 0. The van der Waals surface area contributed by atoms with E-state index in [-0.39, 0.29) is 0 Å². The zero-order valence-corrected chi connectivity index (χ0v) is 11.1. The van der Waals surface area contributed by atoms with Gasteiger partial charge in [-0.25, -0.2) is 9.78 Å². The lowest BCUT2D eigenvalue weighted by Crippen LogP contribution is -2.51. The van der Waals surface area contributed by atoms with Gasteiger partial charge >= 0.3 is 5.97 Å². The fourth-order valence-corrected chi connectivity index (χ4v) is 1.81. The fraction of sp³-hybridized carbons (Fsp3) is 0.462. The molecule has 1 aromatic rings. The molecule has 0 aromatic carbocycles. The molecule has 96 valence electrons. The van der Waals surface area contributed by atoms with Crippen molar-refractivity contribution in [2.45, 2.75) is 33.2 Å². The third kappa shape index (κ3) is 2.28. The van der Waals surface area contributed by atoms with E-state index in [1.165, 1.54) is 0 Å². The Morgan fingerprint density at radius 3 is 2.67 bits per heavy atom. The summed E-state index contributed by atoms with van der Waals surface area (Å²) < 4.78 is 0. The van der Waals surface area contributed by atoms with Crippen molar-refractivity contribution in [2.24, 2.45) is 0 Å². The molecule has 1 N–H and O–H groups in total. The van der Waals surface area contributed by atoms with Crippen molar-refractivity contribution >= 4 is 11.8 Å². The van der Waals surface area contributed by atoms with Crippen molar-refractivity contribution in [3.05, 3.63) is 23.4 Å². The maximum absolute atomic E-state index is 11.3. The number of aromatic nitrogens is 1. The fourth-order valence-electron chi connectivity index (χ4n) is 1.81. The van der Waals surface area contributed by atoms with Gasteiger partial charge in [-0.2, -0.15) is 5.26 Å². The molecular formula is C13H17N3O2. The molecule has 0 saturated carbocycles. The number of aliphatic carboxylic acids is 1. The topological polar surface area (TPSA) is 77.2 Å². The van der Waals surface area contributed by atoms with Gasteiger partial charge in [-0.15, -0.1) is 0 Å². The smallest absolute Gasteiger partial charge is 0.328 e. The van der Waals surface area contributed by atoms with E-state index < -0.39 is 11.5 Å². The van der Waals surface area contributed by atoms with Crippen molar-refractivity contribution in [3.63, 3.8) is 0 Å². The van der Waals surface area contributed by atoms with Gasteiger partial charge in [0.1, 0.15) is 17.4 Å². The average molecular weight is 247 g/mol. The molecule has 0 aliphatic rings. The highest BCUT2D eigenvalue weighted by molar-refractivity contribution is 5.83. The number of nitriles is 1. The van der Waals surface area contributed by atoms with Gasteiger partial charge < -0.3 is 10.0 Å². The Labute approximate surface area is 107 Å². The molecule has 0 radical (unpaired) electrons. The molecule has 1 heterocycles. The molecule has 5 heteroatoms. The number of anilines is 1. The number of rotatable bonds is 4. The van der Waals surface area contributed by atoms with Crippen LogP contribution < -0.4 is 4.90 Å². The normalized spacial score (nSPS) is 10.8. The molecule has 1 rings (SSSR count). The van der Waals surface area contributed by atoms with Crippen molar-refractivity contribution in [1.82, 2.24) is 4.98 Å². The van der Waals surface area contributed by atoms with E-state index in [1.54, 1.807) is 31.0 Å². The SMILES string of the molecule is CCN(c1nccc(C)c1C#N)C(C)(C)C(=O)O. The second kappa shape index (κ2) is 5.05. The highest BCUT2D eigenvalue weighted by Gasteiger charge is 2.35. The standard InChI is InChI=1S/C13H17N3O2/c1-5-16(13(3,4)12(17)18)11-10(8-14)9(2)6-7-15-11/h6-7H,5H2,1-4H3,(H,17,18). The van der Waals surface area contributed by atoms with E-state index in [4.69, 9.17) is 0 Å². The van der Waals surface area contributed by atoms with Crippen LogP contribution in [0.25, 0.3) is 0 Å². The molecule has 0 aliphatic carbocycles. The van der Waals surface area contributed by atoms with E-state index in [0.29, 0.717) is 17.9 Å². The number of pyridine rings is 1. The summed E-state index contributed by atoms with van der Waals surface area (Å²) in [4.78, 5) is 17.1. The van der Waals surface area contributed by atoms with Crippen LogP contribution in [0.2, 0.25) is 0 Å². The van der Waals surface area contributed by atoms with Crippen LogP contribution in [0.1, 0.15) is 31.9 Å². The summed E-state index contributed by atoms with van der Waals surface area (Å²) in [6.07, 6.45) is 1.59. The number of aryl methyl sites for hydroxylation is 1. The molecule has 0 amide bonds. The first-order valence-electron chi connectivity index (χ1n) is 5.73. The lowest BCUT2D eigenvalue weighted by molar-refractivity contribution is -0.142. The number of carboxylic acid groups (broad SMARTS) is 1. The second-order valence-corrected chi connectivity index (χ2v) is 4.55. The van der Waals surface area contributed by atoms with E-state index in [1.807, 2.05) is 13.8 Å². The zero-order chi connectivity index (χ0) is 13.9. The van der Waals surface area contributed by atoms with Crippen LogP contribution >= 0.6 is 0 Å². The minimum absolute atomic E-state index is 0.424. The van der Waals surface area contributed by atoms with E-state index in [9.17, 15) is 15.2 Å². The van der Waals surface area contributed by atoms with Gasteiger partial charge in [0.05, 0.1) is 5.56 Å². The Kier molecular flexibility index (Phi) is 3.92. The monoisotopic (exact) mass is 247 g/mol. The molecule has 0 spiro atoms. The Morgan fingerprint density at radius 2 is 2.22 bits per heavy atom. The van der Waals surface area contributed by atoms with Crippen LogP contribution in [0.15, 0.2) is 12.3 Å². The van der Waals surface area contributed by atoms with E-state index >= 15 is 0 Å². The Morgan fingerprint density at radius 1 is 1.61 bits per heavy atom. The van der Waals surface area contributed by atoms with Crippen LogP contribution in [-0.2, 0) is 4.79 Å². The first-order chi connectivity index (χ1) is 8.36. The highest BCUT2D eigenvalue weighted by atomic mass is 16.4. The van der Waals surface area contributed by atoms with Gasteiger partial charge in [-0.3, -0.25) is 0 Å². The third-order valence-corrected chi connectivity index (χ3v) is 3.02. The summed E-state index contributed by atoms with van der Waals surface area (Å²) in [6.45, 7) is 7.32. The molecule has 0 aliphatic heterocycles. The Hall–Kier alpha value is -2.09. The van der Waals surface area contributed by atoms with E-state index in [2.05, 4.69) is 11.1 Å². The summed E-state index contributed by atoms with van der Waals surface area (Å²) in [5.41, 5.74) is 0.108. The molecule has 0 bridgehead atoms. The van der Waals surface area contributed by atoms with Gasteiger partial charge in [0.2, 0.25) is 0 Å². The van der Waals surface area contributed by atoms with Gasteiger partial charge in [0.25, 0.3) is 0 Å². The Bertz CT molecular complexity index is 503. The molecule has 0 unspecified atom stereocenters. The third-order valence-electron chi connectivity index (χ3n) is 3.02. The van der Waals surface area contributed by atoms with Crippen molar-refractivity contribution in [3.8, 4) is 6.07 Å². The minimum Gasteiger partial charge on any atom is -0.480 e. The average Bonchev–Trinajstić information content (AvgIpc) is 2.29. The quantitative estimate of drug-likeness (QED) is 0.879. The zero-order valence-electron chi connectivity index (χ0n) is 11.1. The minimum atomic E-state index is -1.11. The van der Waals surface area contributed by atoms with Crippen molar-refractivity contribution in [2.75, 3.05) is 11.4 Å². The highest BCUT2D eigenvalue weighted by Crippen LogP contribution is 2.26. The largest absolute Gasteiger partial charge is 0.480 e. The predicted octanol–water partition coefficient (Wildman–Crippen LogP) is 1.95. The maximum Gasteiger partial charge on any atom is 0.328 e. The maximum atomic E-state index is 11.3. The molecule has 5 nitrogen and oxygen atoms in total. The molecule has 18 heavy (non-hydrogen) atoms. The summed E-state index contributed by atoms with van der Waals surface area (Å²) in [6, 6.07) is 3.83. The molecule has 1 aromatic heterocycles. The van der Waals surface area contributed by atoms with Crippen LogP contribution in [0.4, 0.5) is 5.82 Å². The lowest BCUT2D eigenvalue weighted by Gasteiger charge is -2.35. The second-order valence-electron chi connectivity index (χ2n) is 4.55. The van der Waals surface area contributed by atoms with E-state index in [0.717, 1.165) is 5.56 Å². The Balaban J connectivity index is 3.40. The van der Waals surface area contributed by atoms with Crippen LogP contribution in [-0.4, -0.2) is 28.1 Å². The predicted molar refractivity (Wildman–Crippen MR) is 68.4 cm³/mol. The van der Waals surface area contributed by atoms with Crippen LogP contribution in [0, 0.1) is 18.3 Å². The number of hydrogen-bond donors (Lipinski definition) is 1. The van der Waals surface area contributed by atoms with Crippen LogP contribution in [0.5, 0.6) is 0 Å². The summed E-state index contributed by atoms with van der Waals surface area (Å²) in [5.74, 6) is -0.524. The summed E-state index contributed by atoms with van der Waals surface area (Å²) in [7, 11) is 0. The molecule has 0 saturated heterocycles. The first kappa shape index (κ1) is 14.0. The summed E-state index contributed by atoms with van der Waals surface area (Å²) in [5, 5.41) is 18.5.